The van der Waals surface area contributed by atoms with Gasteiger partial charge in [-0.3, -0.25) is 24.1 Å². The molecule has 8 nitrogen and oxygen atoms in total. The van der Waals surface area contributed by atoms with Gasteiger partial charge in [0.2, 0.25) is 11.8 Å². The summed E-state index contributed by atoms with van der Waals surface area (Å²) in [7, 11) is 0. The first kappa shape index (κ1) is 28.6. The fourth-order valence-electron chi connectivity index (χ4n) is 5.54. The molecule has 2 N–H and O–H groups in total. The van der Waals surface area contributed by atoms with Crippen molar-refractivity contribution in [3.63, 3.8) is 0 Å². The first-order valence-electron chi connectivity index (χ1n) is 14.5. The number of nitrogens with one attached hydrogen (secondary N) is 2. The Morgan fingerprint density at radius 1 is 0.705 bits per heavy atom. The van der Waals surface area contributed by atoms with Crippen LogP contribution in [0.5, 0.6) is 11.5 Å². The normalized spacial score (nSPS) is 17.5. The van der Waals surface area contributed by atoms with Crippen molar-refractivity contribution in [3.05, 3.63) is 125 Å². The Balaban J connectivity index is 1.06. The molecule has 4 aromatic rings. The molecule has 0 saturated carbocycles. The van der Waals surface area contributed by atoms with Gasteiger partial charge in [0, 0.05) is 22.5 Å². The van der Waals surface area contributed by atoms with Crippen molar-refractivity contribution in [2.45, 2.75) is 26.7 Å². The molecule has 4 aromatic carbocycles. The van der Waals surface area contributed by atoms with Gasteiger partial charge in [0.1, 0.15) is 11.5 Å². The zero-order valence-electron chi connectivity index (χ0n) is 24.4. The minimum Gasteiger partial charge on any atom is -0.457 e. The van der Waals surface area contributed by atoms with Crippen LogP contribution in [-0.4, -0.2) is 23.6 Å². The Kier molecular flexibility index (Phi) is 7.81. The number of amides is 4. The summed E-state index contributed by atoms with van der Waals surface area (Å²) < 4.78 is 5.84. The van der Waals surface area contributed by atoms with Gasteiger partial charge in [0.05, 0.1) is 17.5 Å². The lowest BCUT2D eigenvalue weighted by molar-refractivity contribution is -0.122. The third-order valence-electron chi connectivity index (χ3n) is 7.96. The summed E-state index contributed by atoms with van der Waals surface area (Å²) in [5, 5.41) is 5.68. The monoisotopic (exact) mass is 585 g/mol. The van der Waals surface area contributed by atoms with Gasteiger partial charge < -0.3 is 15.4 Å². The zero-order valence-corrected chi connectivity index (χ0v) is 24.4. The molecular weight excluding hydrogens is 554 g/mol. The number of carbonyl (C=O) groups excluding carboxylic acids is 4. The smallest absolute Gasteiger partial charge is 0.255 e. The van der Waals surface area contributed by atoms with Crippen LogP contribution in [0.3, 0.4) is 0 Å². The third kappa shape index (κ3) is 6.01. The summed E-state index contributed by atoms with van der Waals surface area (Å²) in [6.45, 7) is 3.99. The number of imide groups is 1. The molecule has 1 aliphatic carbocycles. The predicted octanol–water partition coefficient (Wildman–Crippen LogP) is 7.14. The number of benzene rings is 4. The summed E-state index contributed by atoms with van der Waals surface area (Å²) in [6, 6.07) is 27.9. The van der Waals surface area contributed by atoms with E-state index >= 15 is 0 Å². The number of ether oxygens (including phenoxy) is 1. The van der Waals surface area contributed by atoms with E-state index in [1.165, 1.54) is 4.90 Å². The van der Waals surface area contributed by atoms with Crippen molar-refractivity contribution in [2.75, 3.05) is 15.5 Å². The van der Waals surface area contributed by atoms with Gasteiger partial charge in [0.15, 0.2) is 0 Å². The minimum absolute atomic E-state index is 0.217. The topological polar surface area (TPSA) is 105 Å². The Morgan fingerprint density at radius 3 is 1.93 bits per heavy atom. The maximum absolute atomic E-state index is 13.1. The van der Waals surface area contributed by atoms with E-state index in [1.54, 1.807) is 72.8 Å². The van der Waals surface area contributed by atoms with E-state index in [9.17, 15) is 19.2 Å². The van der Waals surface area contributed by atoms with Gasteiger partial charge in [-0.25, -0.2) is 0 Å². The second kappa shape index (κ2) is 12.0. The van der Waals surface area contributed by atoms with Gasteiger partial charge in [-0.15, -0.1) is 0 Å². The van der Waals surface area contributed by atoms with Crippen LogP contribution in [0.15, 0.2) is 109 Å². The van der Waals surface area contributed by atoms with E-state index in [2.05, 4.69) is 10.6 Å². The fraction of sp³-hybridized carbons (Fsp3) is 0.167. The number of hydrogen-bond acceptors (Lipinski definition) is 5. The zero-order chi connectivity index (χ0) is 30.8. The van der Waals surface area contributed by atoms with E-state index in [-0.39, 0.29) is 29.6 Å². The molecule has 6 rings (SSSR count). The molecule has 0 radical (unpaired) electrons. The van der Waals surface area contributed by atoms with Gasteiger partial charge in [-0.05, 0) is 106 Å². The number of fused-ring (bicyclic) bond motifs is 1. The molecule has 44 heavy (non-hydrogen) atoms. The van der Waals surface area contributed by atoms with Crippen molar-refractivity contribution in [3.8, 4) is 11.5 Å². The highest BCUT2D eigenvalue weighted by atomic mass is 16.5. The molecule has 2 atom stereocenters. The molecular formula is C36H31N3O5. The van der Waals surface area contributed by atoms with Gasteiger partial charge in [-0.1, -0.05) is 35.4 Å². The molecule has 1 aliphatic heterocycles. The van der Waals surface area contributed by atoms with E-state index < -0.39 is 5.91 Å². The average Bonchev–Trinajstić information content (AvgIpc) is 3.28. The van der Waals surface area contributed by atoms with E-state index in [0.717, 1.165) is 16.9 Å². The van der Waals surface area contributed by atoms with Crippen LogP contribution in [0, 0.1) is 18.8 Å². The number of allylic oxidation sites excluding steroid dienone is 2. The average molecular weight is 586 g/mol. The summed E-state index contributed by atoms with van der Waals surface area (Å²) in [5.41, 5.74) is 4.49. The first-order valence-corrected chi connectivity index (χ1v) is 14.5. The molecule has 1 heterocycles. The second-order valence-electron chi connectivity index (χ2n) is 11.2. The van der Waals surface area contributed by atoms with Crippen LogP contribution in [0.25, 0.3) is 0 Å². The third-order valence-corrected chi connectivity index (χ3v) is 7.96. The number of hydrogen-bond donors (Lipinski definition) is 2. The summed E-state index contributed by atoms with van der Waals surface area (Å²) >= 11 is 0. The number of anilines is 3. The van der Waals surface area contributed by atoms with Crippen LogP contribution in [-0.2, 0) is 9.59 Å². The van der Waals surface area contributed by atoms with Gasteiger partial charge in [-0.2, -0.15) is 0 Å². The molecule has 0 aromatic heterocycles. The summed E-state index contributed by atoms with van der Waals surface area (Å²) in [5.74, 6) is -0.447. The SMILES string of the molecule is CC1=CC[C@@H]2C(=O)N(c3cccc(C(=O)Nc4ccc(C(=O)Nc5ccc(Oc6ccc(C)cc6)cc5)cc4)c3)C(=O)[C@@H]2C1. The van der Waals surface area contributed by atoms with Crippen LogP contribution in [0.2, 0.25) is 0 Å². The number of nitrogens with zero attached hydrogens (tertiary/aromatic N) is 1. The molecule has 220 valence electrons. The maximum atomic E-state index is 13.1. The molecule has 0 bridgehead atoms. The van der Waals surface area contributed by atoms with Gasteiger partial charge in [0.25, 0.3) is 11.8 Å². The maximum Gasteiger partial charge on any atom is 0.255 e. The van der Waals surface area contributed by atoms with Crippen LogP contribution in [0.1, 0.15) is 46.0 Å². The Bertz CT molecular complexity index is 1780. The van der Waals surface area contributed by atoms with Crippen molar-refractivity contribution in [1.82, 2.24) is 0 Å². The highest BCUT2D eigenvalue weighted by molar-refractivity contribution is 6.22. The standard InChI is InChI=1S/C36H31N3O5/c1-22-6-15-29(16-7-22)44-30-17-13-27(14-18-30)37-33(40)24-9-11-26(12-10-24)38-34(41)25-4-3-5-28(21-25)39-35(42)31-19-8-23(2)20-32(31)36(39)43/h3-18,21,31-32H,19-20H2,1-2H3,(H,37,40)(H,38,41)/t31-,32+/m0/s1. The van der Waals surface area contributed by atoms with E-state index in [4.69, 9.17) is 4.74 Å². The number of carbonyl (C=O) groups is 4. The van der Waals surface area contributed by atoms with Crippen molar-refractivity contribution < 1.29 is 23.9 Å². The molecule has 4 amide bonds. The van der Waals surface area contributed by atoms with Crippen molar-refractivity contribution in [1.29, 1.82) is 0 Å². The molecule has 0 unspecified atom stereocenters. The lowest BCUT2D eigenvalue weighted by atomic mass is 9.82. The predicted molar refractivity (Wildman–Crippen MR) is 169 cm³/mol. The van der Waals surface area contributed by atoms with E-state index in [0.29, 0.717) is 46.8 Å². The largest absolute Gasteiger partial charge is 0.457 e. The molecule has 2 aliphatic rings. The van der Waals surface area contributed by atoms with Crippen LogP contribution >= 0.6 is 0 Å². The number of rotatable bonds is 7. The quantitative estimate of drug-likeness (QED) is 0.177. The molecule has 8 heteroatoms. The first-order chi connectivity index (χ1) is 21.2. The molecule has 1 saturated heterocycles. The Labute approximate surface area is 255 Å². The minimum atomic E-state index is -0.397. The van der Waals surface area contributed by atoms with Gasteiger partial charge >= 0.3 is 0 Å². The summed E-state index contributed by atoms with van der Waals surface area (Å²) in [6.07, 6.45) is 3.16. The van der Waals surface area contributed by atoms with Crippen LogP contribution < -0.4 is 20.3 Å². The number of aryl methyl sites for hydroxylation is 1. The van der Waals surface area contributed by atoms with E-state index in [1.807, 2.05) is 44.2 Å². The van der Waals surface area contributed by atoms with Crippen LogP contribution in [0.4, 0.5) is 17.1 Å². The van der Waals surface area contributed by atoms with Crippen molar-refractivity contribution >= 4 is 40.7 Å². The highest BCUT2D eigenvalue weighted by Crippen LogP contribution is 2.40. The second-order valence-corrected chi connectivity index (χ2v) is 11.2. The Morgan fingerprint density at radius 2 is 1.27 bits per heavy atom. The highest BCUT2D eigenvalue weighted by Gasteiger charge is 2.48. The lowest BCUT2D eigenvalue weighted by Crippen LogP contribution is -2.31. The van der Waals surface area contributed by atoms with Crippen molar-refractivity contribution in [2.24, 2.45) is 11.8 Å². The molecule has 0 spiro atoms. The fourth-order valence-corrected chi connectivity index (χ4v) is 5.54. The lowest BCUT2D eigenvalue weighted by Gasteiger charge is -2.18. The Hall–Kier alpha value is -5.50. The summed E-state index contributed by atoms with van der Waals surface area (Å²) in [4.78, 5) is 53.3. The molecule has 1 fully saturated rings.